The Morgan fingerprint density at radius 1 is 1.40 bits per heavy atom. The van der Waals surface area contributed by atoms with E-state index >= 15 is 0 Å². The number of allylic oxidation sites excluding steroid dienone is 1. The van der Waals surface area contributed by atoms with Gasteiger partial charge in [-0.15, -0.1) is 11.8 Å². The zero-order valence-corrected chi connectivity index (χ0v) is 12.4. The van der Waals surface area contributed by atoms with Gasteiger partial charge in [0, 0.05) is 4.90 Å². The number of nitrogens with one attached hydrogen (secondary N) is 1. The summed E-state index contributed by atoms with van der Waals surface area (Å²) in [5.41, 5.74) is 1.11. The highest BCUT2D eigenvalue weighted by atomic mass is 32.2. The molecular formula is C15H19NO3S. The lowest BCUT2D eigenvalue weighted by Crippen LogP contribution is -2.41. The summed E-state index contributed by atoms with van der Waals surface area (Å²) in [4.78, 5) is 23.8. The average molecular weight is 293 g/mol. The number of carboxylic acids is 1. The summed E-state index contributed by atoms with van der Waals surface area (Å²) in [6, 6.07) is 6.92. The van der Waals surface area contributed by atoms with Gasteiger partial charge >= 0.3 is 5.97 Å². The van der Waals surface area contributed by atoms with Gasteiger partial charge in [-0.05, 0) is 31.9 Å². The SMILES string of the molecule is C/C=C/CC(NC(=O)CSc1ccccc1C)C(=O)O. The van der Waals surface area contributed by atoms with Crippen LogP contribution in [0.1, 0.15) is 18.9 Å². The Kier molecular flexibility index (Phi) is 6.87. The molecular weight excluding hydrogens is 274 g/mol. The van der Waals surface area contributed by atoms with Crippen LogP contribution in [0.25, 0.3) is 0 Å². The number of rotatable bonds is 7. The summed E-state index contributed by atoms with van der Waals surface area (Å²) >= 11 is 1.41. The van der Waals surface area contributed by atoms with Gasteiger partial charge in [-0.3, -0.25) is 4.79 Å². The summed E-state index contributed by atoms with van der Waals surface area (Å²) in [7, 11) is 0. The first-order valence-electron chi connectivity index (χ1n) is 6.36. The number of thioether (sulfide) groups is 1. The van der Waals surface area contributed by atoms with Gasteiger partial charge in [0.05, 0.1) is 5.75 Å². The van der Waals surface area contributed by atoms with Gasteiger partial charge in [-0.1, -0.05) is 30.4 Å². The van der Waals surface area contributed by atoms with Crippen LogP contribution in [0.2, 0.25) is 0 Å². The molecule has 1 rings (SSSR count). The van der Waals surface area contributed by atoms with Crippen molar-refractivity contribution in [3.8, 4) is 0 Å². The predicted octanol–water partition coefficient (Wildman–Crippen LogP) is 2.62. The molecule has 4 nitrogen and oxygen atoms in total. The van der Waals surface area contributed by atoms with Gasteiger partial charge in [0.15, 0.2) is 0 Å². The first-order valence-corrected chi connectivity index (χ1v) is 7.35. The zero-order valence-electron chi connectivity index (χ0n) is 11.6. The molecule has 1 unspecified atom stereocenters. The van der Waals surface area contributed by atoms with Gasteiger partial charge in [0.25, 0.3) is 0 Å². The monoisotopic (exact) mass is 293 g/mol. The normalized spacial score (nSPS) is 12.3. The van der Waals surface area contributed by atoms with Crippen LogP contribution in [0, 0.1) is 6.92 Å². The molecule has 1 aromatic rings. The Bertz CT molecular complexity index is 500. The second kappa shape index (κ2) is 8.43. The molecule has 0 aliphatic carbocycles. The fraction of sp³-hybridized carbons (Fsp3) is 0.333. The summed E-state index contributed by atoms with van der Waals surface area (Å²) in [5, 5.41) is 11.6. The van der Waals surface area contributed by atoms with Crippen molar-refractivity contribution >= 4 is 23.6 Å². The van der Waals surface area contributed by atoms with E-state index in [-0.39, 0.29) is 11.7 Å². The molecule has 0 aliphatic rings. The Morgan fingerprint density at radius 3 is 2.70 bits per heavy atom. The average Bonchev–Trinajstić information content (AvgIpc) is 2.42. The highest BCUT2D eigenvalue weighted by Crippen LogP contribution is 2.21. The molecule has 108 valence electrons. The molecule has 1 amide bonds. The summed E-state index contributed by atoms with van der Waals surface area (Å²) in [6.45, 7) is 3.79. The Labute approximate surface area is 123 Å². The highest BCUT2D eigenvalue weighted by Gasteiger charge is 2.18. The molecule has 0 fully saturated rings. The van der Waals surface area contributed by atoms with Crippen LogP contribution >= 0.6 is 11.8 Å². The van der Waals surface area contributed by atoms with Crippen molar-refractivity contribution in [3.05, 3.63) is 42.0 Å². The minimum absolute atomic E-state index is 0.213. The third kappa shape index (κ3) is 5.48. The van der Waals surface area contributed by atoms with E-state index < -0.39 is 12.0 Å². The van der Waals surface area contributed by atoms with Crippen molar-refractivity contribution < 1.29 is 14.7 Å². The topological polar surface area (TPSA) is 66.4 Å². The summed E-state index contributed by atoms with van der Waals surface area (Å²) in [6.07, 6.45) is 3.80. The summed E-state index contributed by atoms with van der Waals surface area (Å²) < 4.78 is 0. The molecule has 1 atom stereocenters. The Hall–Kier alpha value is -1.75. The lowest BCUT2D eigenvalue weighted by atomic mass is 10.2. The standard InChI is InChI=1S/C15H19NO3S/c1-3-4-8-12(15(18)19)16-14(17)10-20-13-9-6-5-7-11(13)2/h3-7,9,12H,8,10H2,1-2H3,(H,16,17)(H,18,19)/b4-3+. The van der Waals surface area contributed by atoms with E-state index in [4.69, 9.17) is 5.11 Å². The first kappa shape index (κ1) is 16.3. The first-order chi connectivity index (χ1) is 9.54. The minimum Gasteiger partial charge on any atom is -0.480 e. The molecule has 0 bridgehead atoms. The van der Waals surface area contributed by atoms with E-state index in [0.717, 1.165) is 10.5 Å². The van der Waals surface area contributed by atoms with E-state index in [1.807, 2.05) is 38.1 Å². The number of benzene rings is 1. The van der Waals surface area contributed by atoms with Gasteiger partial charge in [-0.2, -0.15) is 0 Å². The fourth-order valence-electron chi connectivity index (χ4n) is 1.59. The second-order valence-electron chi connectivity index (χ2n) is 4.32. The maximum absolute atomic E-state index is 11.8. The Balaban J connectivity index is 2.50. The van der Waals surface area contributed by atoms with Crippen LogP contribution in [0.3, 0.4) is 0 Å². The van der Waals surface area contributed by atoms with Gasteiger partial charge in [0.2, 0.25) is 5.91 Å². The van der Waals surface area contributed by atoms with E-state index in [1.165, 1.54) is 11.8 Å². The van der Waals surface area contributed by atoms with Gasteiger partial charge in [-0.25, -0.2) is 4.79 Å². The van der Waals surface area contributed by atoms with Crippen molar-refractivity contribution in [2.45, 2.75) is 31.2 Å². The number of carbonyl (C=O) groups excluding carboxylic acids is 1. The molecule has 0 radical (unpaired) electrons. The third-order valence-corrected chi connectivity index (χ3v) is 3.87. The molecule has 2 N–H and O–H groups in total. The number of carbonyl (C=O) groups is 2. The molecule has 0 saturated carbocycles. The van der Waals surface area contributed by atoms with Crippen molar-refractivity contribution in [1.82, 2.24) is 5.32 Å². The molecule has 1 aromatic carbocycles. The van der Waals surface area contributed by atoms with Crippen molar-refractivity contribution in [2.75, 3.05) is 5.75 Å². The molecule has 0 saturated heterocycles. The number of aryl methyl sites for hydroxylation is 1. The molecule has 0 aromatic heterocycles. The smallest absolute Gasteiger partial charge is 0.326 e. The Morgan fingerprint density at radius 2 is 2.10 bits per heavy atom. The number of amides is 1. The van der Waals surface area contributed by atoms with Crippen LogP contribution in [-0.4, -0.2) is 28.8 Å². The number of aliphatic carboxylic acids is 1. The number of hydrogen-bond donors (Lipinski definition) is 2. The zero-order chi connectivity index (χ0) is 15.0. The third-order valence-electron chi connectivity index (χ3n) is 2.69. The lowest BCUT2D eigenvalue weighted by molar-refractivity contribution is -0.141. The van der Waals surface area contributed by atoms with Crippen LogP contribution in [0.4, 0.5) is 0 Å². The maximum atomic E-state index is 11.8. The molecule has 0 heterocycles. The van der Waals surface area contributed by atoms with Crippen LogP contribution in [-0.2, 0) is 9.59 Å². The lowest BCUT2D eigenvalue weighted by Gasteiger charge is -2.12. The van der Waals surface area contributed by atoms with E-state index in [0.29, 0.717) is 6.42 Å². The van der Waals surface area contributed by atoms with Gasteiger partial charge in [0.1, 0.15) is 6.04 Å². The second-order valence-corrected chi connectivity index (χ2v) is 5.33. The minimum atomic E-state index is -1.02. The quantitative estimate of drug-likeness (QED) is 0.599. The summed E-state index contributed by atoms with van der Waals surface area (Å²) in [5.74, 6) is -1.07. The van der Waals surface area contributed by atoms with Crippen molar-refractivity contribution in [1.29, 1.82) is 0 Å². The van der Waals surface area contributed by atoms with E-state index in [9.17, 15) is 9.59 Å². The molecule has 0 spiro atoms. The van der Waals surface area contributed by atoms with Crippen LogP contribution in [0.5, 0.6) is 0 Å². The molecule has 5 heteroatoms. The van der Waals surface area contributed by atoms with Gasteiger partial charge < -0.3 is 10.4 Å². The number of carboxylic acid groups (broad SMARTS) is 1. The van der Waals surface area contributed by atoms with Crippen LogP contribution < -0.4 is 5.32 Å². The van der Waals surface area contributed by atoms with E-state index in [1.54, 1.807) is 12.2 Å². The largest absolute Gasteiger partial charge is 0.480 e. The van der Waals surface area contributed by atoms with E-state index in [2.05, 4.69) is 5.32 Å². The van der Waals surface area contributed by atoms with Crippen molar-refractivity contribution in [3.63, 3.8) is 0 Å². The van der Waals surface area contributed by atoms with Crippen molar-refractivity contribution in [2.24, 2.45) is 0 Å². The fourth-order valence-corrected chi connectivity index (χ4v) is 2.43. The molecule has 0 aliphatic heterocycles. The maximum Gasteiger partial charge on any atom is 0.326 e. The predicted molar refractivity (Wildman–Crippen MR) is 80.9 cm³/mol. The number of hydrogen-bond acceptors (Lipinski definition) is 3. The molecule has 20 heavy (non-hydrogen) atoms. The highest BCUT2D eigenvalue weighted by molar-refractivity contribution is 8.00. The van der Waals surface area contributed by atoms with Crippen LogP contribution in [0.15, 0.2) is 41.3 Å².